The second-order valence-corrected chi connectivity index (χ2v) is 5.46. The molecule has 1 N–H and O–H groups in total. The molecule has 0 radical (unpaired) electrons. The molecule has 18 heavy (non-hydrogen) atoms. The van der Waals surface area contributed by atoms with Crippen LogP contribution in [0, 0.1) is 5.92 Å². The molecular weight excluding hydrogens is 220 g/mol. The number of hydrogen-bond acceptors (Lipinski definition) is 2. The van der Waals surface area contributed by atoms with E-state index in [2.05, 4.69) is 54.4 Å². The Morgan fingerprint density at radius 1 is 1.28 bits per heavy atom. The number of benzene rings is 1. The zero-order valence-electron chi connectivity index (χ0n) is 11.7. The third kappa shape index (κ3) is 3.49. The van der Waals surface area contributed by atoms with Crippen LogP contribution in [0.25, 0.3) is 0 Å². The van der Waals surface area contributed by atoms with Crippen molar-refractivity contribution in [3.63, 3.8) is 0 Å². The van der Waals surface area contributed by atoms with Crippen molar-refractivity contribution in [2.24, 2.45) is 5.92 Å². The third-order valence-corrected chi connectivity index (χ3v) is 4.01. The van der Waals surface area contributed by atoms with Crippen molar-refractivity contribution in [2.75, 3.05) is 24.5 Å². The van der Waals surface area contributed by atoms with Gasteiger partial charge in [0, 0.05) is 24.8 Å². The van der Waals surface area contributed by atoms with Gasteiger partial charge in [-0.3, -0.25) is 0 Å². The van der Waals surface area contributed by atoms with E-state index < -0.39 is 0 Å². The number of hydrogen-bond donors (Lipinski definition) is 1. The van der Waals surface area contributed by atoms with Crippen LogP contribution in [0.1, 0.15) is 33.1 Å². The van der Waals surface area contributed by atoms with E-state index >= 15 is 0 Å². The predicted octanol–water partition coefficient (Wildman–Crippen LogP) is 3.29. The summed E-state index contributed by atoms with van der Waals surface area (Å²) in [7, 11) is 0. The fourth-order valence-corrected chi connectivity index (χ4v) is 2.69. The number of nitrogens with one attached hydrogen (secondary N) is 1. The van der Waals surface area contributed by atoms with Gasteiger partial charge < -0.3 is 10.2 Å². The van der Waals surface area contributed by atoms with Crippen molar-refractivity contribution in [3.05, 3.63) is 30.3 Å². The van der Waals surface area contributed by atoms with Crippen LogP contribution in [0.2, 0.25) is 0 Å². The molecule has 0 bridgehead atoms. The van der Waals surface area contributed by atoms with E-state index in [1.54, 1.807) is 0 Å². The average molecular weight is 246 g/mol. The van der Waals surface area contributed by atoms with Crippen LogP contribution in [0.3, 0.4) is 0 Å². The minimum atomic E-state index is 0.655. The molecule has 2 nitrogen and oxygen atoms in total. The summed E-state index contributed by atoms with van der Waals surface area (Å²) in [6.07, 6.45) is 3.86. The molecular formula is C16H26N2. The molecule has 1 aromatic carbocycles. The second-order valence-electron chi connectivity index (χ2n) is 5.46. The molecule has 2 heteroatoms. The third-order valence-electron chi connectivity index (χ3n) is 4.01. The predicted molar refractivity (Wildman–Crippen MR) is 79.1 cm³/mol. The summed E-state index contributed by atoms with van der Waals surface area (Å²) in [5, 5.41) is 3.64. The van der Waals surface area contributed by atoms with Crippen molar-refractivity contribution in [2.45, 2.75) is 39.2 Å². The summed E-state index contributed by atoms with van der Waals surface area (Å²) in [5.74, 6) is 0.804. The van der Waals surface area contributed by atoms with Crippen molar-refractivity contribution in [1.82, 2.24) is 5.32 Å². The first kappa shape index (κ1) is 13.4. The summed E-state index contributed by atoms with van der Waals surface area (Å²) >= 11 is 0. The van der Waals surface area contributed by atoms with E-state index in [4.69, 9.17) is 0 Å². The van der Waals surface area contributed by atoms with Gasteiger partial charge in [0.2, 0.25) is 0 Å². The number of nitrogens with zero attached hydrogens (tertiary/aromatic N) is 1. The summed E-state index contributed by atoms with van der Waals surface area (Å²) in [6, 6.07) is 11.5. The molecule has 2 rings (SSSR count). The molecule has 1 aliphatic heterocycles. The lowest BCUT2D eigenvalue weighted by molar-refractivity contribution is 0.472. The molecule has 0 saturated carbocycles. The molecule has 100 valence electrons. The maximum atomic E-state index is 3.64. The van der Waals surface area contributed by atoms with E-state index in [0.717, 1.165) is 12.5 Å². The SMILES string of the molecule is CCCCN(CC1NCCC1C)c1ccccc1. The zero-order chi connectivity index (χ0) is 12.8. The molecule has 1 saturated heterocycles. The van der Waals surface area contributed by atoms with Crippen LogP contribution in [-0.4, -0.2) is 25.7 Å². The molecule has 0 aromatic heterocycles. The first-order valence-corrected chi connectivity index (χ1v) is 7.34. The Labute approximate surface area is 111 Å². The minimum absolute atomic E-state index is 0.655. The smallest absolute Gasteiger partial charge is 0.0366 e. The van der Waals surface area contributed by atoms with Crippen LogP contribution in [0.5, 0.6) is 0 Å². The Balaban J connectivity index is 2.00. The van der Waals surface area contributed by atoms with E-state index in [1.807, 2.05) is 0 Å². The van der Waals surface area contributed by atoms with Gasteiger partial charge in [-0.25, -0.2) is 0 Å². The molecule has 1 fully saturated rings. The number of para-hydroxylation sites is 1. The van der Waals surface area contributed by atoms with Gasteiger partial charge in [0.05, 0.1) is 0 Å². The van der Waals surface area contributed by atoms with Gasteiger partial charge in [0.15, 0.2) is 0 Å². The van der Waals surface area contributed by atoms with Crippen molar-refractivity contribution < 1.29 is 0 Å². The molecule has 2 atom stereocenters. The Hall–Kier alpha value is -1.02. The second kappa shape index (κ2) is 6.79. The number of unbranched alkanes of at least 4 members (excludes halogenated alkanes) is 1. The van der Waals surface area contributed by atoms with Gasteiger partial charge in [-0.15, -0.1) is 0 Å². The highest BCUT2D eigenvalue weighted by molar-refractivity contribution is 5.46. The summed E-state index contributed by atoms with van der Waals surface area (Å²) < 4.78 is 0. The Morgan fingerprint density at radius 2 is 2.06 bits per heavy atom. The minimum Gasteiger partial charge on any atom is -0.370 e. The molecule has 1 aromatic rings. The first-order valence-electron chi connectivity index (χ1n) is 7.34. The highest BCUT2D eigenvalue weighted by Crippen LogP contribution is 2.20. The Kier molecular flexibility index (Phi) is 5.06. The highest BCUT2D eigenvalue weighted by atomic mass is 15.2. The highest BCUT2D eigenvalue weighted by Gasteiger charge is 2.24. The van der Waals surface area contributed by atoms with Crippen LogP contribution in [-0.2, 0) is 0 Å². The molecule has 0 spiro atoms. The monoisotopic (exact) mass is 246 g/mol. The van der Waals surface area contributed by atoms with Crippen LogP contribution in [0.15, 0.2) is 30.3 Å². The van der Waals surface area contributed by atoms with E-state index in [-0.39, 0.29) is 0 Å². The Morgan fingerprint density at radius 3 is 2.67 bits per heavy atom. The van der Waals surface area contributed by atoms with Crippen LogP contribution < -0.4 is 10.2 Å². The normalized spacial score (nSPS) is 23.2. The van der Waals surface area contributed by atoms with E-state index in [1.165, 1.54) is 38.0 Å². The van der Waals surface area contributed by atoms with Crippen LogP contribution in [0.4, 0.5) is 5.69 Å². The largest absolute Gasteiger partial charge is 0.370 e. The van der Waals surface area contributed by atoms with Gasteiger partial charge in [-0.05, 0) is 37.4 Å². The van der Waals surface area contributed by atoms with Gasteiger partial charge in [-0.1, -0.05) is 38.5 Å². The quantitative estimate of drug-likeness (QED) is 0.828. The zero-order valence-corrected chi connectivity index (χ0v) is 11.7. The van der Waals surface area contributed by atoms with Crippen molar-refractivity contribution >= 4 is 5.69 Å². The number of anilines is 1. The molecule has 0 amide bonds. The Bertz CT molecular complexity index is 336. The summed E-state index contributed by atoms with van der Waals surface area (Å²) in [6.45, 7) is 8.13. The maximum Gasteiger partial charge on any atom is 0.0366 e. The summed E-state index contributed by atoms with van der Waals surface area (Å²) in [4.78, 5) is 2.54. The fraction of sp³-hybridized carbons (Fsp3) is 0.625. The van der Waals surface area contributed by atoms with Gasteiger partial charge in [0.1, 0.15) is 0 Å². The van der Waals surface area contributed by atoms with Gasteiger partial charge in [-0.2, -0.15) is 0 Å². The lowest BCUT2D eigenvalue weighted by Gasteiger charge is -2.29. The van der Waals surface area contributed by atoms with E-state index in [9.17, 15) is 0 Å². The molecule has 2 unspecified atom stereocenters. The topological polar surface area (TPSA) is 15.3 Å². The fourth-order valence-electron chi connectivity index (χ4n) is 2.69. The maximum absolute atomic E-state index is 3.64. The first-order chi connectivity index (χ1) is 8.81. The van der Waals surface area contributed by atoms with E-state index in [0.29, 0.717) is 6.04 Å². The molecule has 1 heterocycles. The molecule has 0 aliphatic carbocycles. The molecule has 1 aliphatic rings. The summed E-state index contributed by atoms with van der Waals surface area (Å²) in [5.41, 5.74) is 1.37. The standard InChI is InChI=1S/C16H26N2/c1-3-4-12-18(15-8-6-5-7-9-15)13-16-14(2)10-11-17-16/h5-9,14,16-17H,3-4,10-13H2,1-2H3. The van der Waals surface area contributed by atoms with Gasteiger partial charge >= 0.3 is 0 Å². The number of rotatable bonds is 6. The lowest BCUT2D eigenvalue weighted by Crippen LogP contribution is -2.40. The van der Waals surface area contributed by atoms with Crippen LogP contribution >= 0.6 is 0 Å². The van der Waals surface area contributed by atoms with Gasteiger partial charge in [0.25, 0.3) is 0 Å². The van der Waals surface area contributed by atoms with Crippen molar-refractivity contribution in [1.29, 1.82) is 0 Å². The van der Waals surface area contributed by atoms with Crippen molar-refractivity contribution in [3.8, 4) is 0 Å². The average Bonchev–Trinajstić information content (AvgIpc) is 2.81. The lowest BCUT2D eigenvalue weighted by atomic mass is 10.0.